The molecule has 2 fully saturated rings. The first-order valence-corrected chi connectivity index (χ1v) is 21.9. The van der Waals surface area contributed by atoms with Crippen LogP contribution in [0.25, 0.3) is 39.0 Å². The Morgan fingerprint density at radius 1 is 0.969 bits per heavy atom. The molecule has 7 heterocycles. The Bertz CT molecular complexity index is 3310. The van der Waals surface area contributed by atoms with E-state index in [0.717, 1.165) is 39.7 Å². The quantitative estimate of drug-likeness (QED) is 0.186. The second-order valence-corrected chi connectivity index (χ2v) is 18.1. The van der Waals surface area contributed by atoms with Gasteiger partial charge in [-0.2, -0.15) is 10.2 Å². The lowest BCUT2D eigenvalue weighted by atomic mass is 10.1. The summed E-state index contributed by atoms with van der Waals surface area (Å²) in [6.07, 6.45) is 6.20. The molecule has 1 N–H and O–H groups in total. The second kappa shape index (κ2) is 15.0. The SMILES string of the molecule is COCCn1ncc2cc(-n3ccn(-c4c5c(nn4-c4ccc(F)c(C)c4)CCN(C(=O)c4cc6cc(N7CCOC(C)(C)C7)ccc6n4[C@@]4(c6noc(=O)[nH]6)C[C@@H]4C)C5)c3=O)ccc21. The van der Waals surface area contributed by atoms with Crippen LogP contribution in [0.5, 0.6) is 0 Å². The van der Waals surface area contributed by atoms with Crippen LogP contribution in [0.1, 0.15) is 60.3 Å². The molecule has 1 saturated heterocycles. The number of imidazole rings is 1. The largest absolute Gasteiger partial charge is 0.438 e. The highest BCUT2D eigenvalue weighted by Crippen LogP contribution is 2.56. The van der Waals surface area contributed by atoms with Crippen LogP contribution in [0.4, 0.5) is 10.1 Å². The monoisotopic (exact) mass is 881 g/mol. The summed E-state index contributed by atoms with van der Waals surface area (Å²) in [6, 6.07) is 18.6. The smallest absolute Gasteiger partial charge is 0.383 e. The Labute approximate surface area is 371 Å². The Balaban J connectivity index is 1.01. The number of nitrogens with zero attached hydrogens (tertiary/aromatic N) is 10. The summed E-state index contributed by atoms with van der Waals surface area (Å²) in [4.78, 5) is 49.2. The van der Waals surface area contributed by atoms with E-state index in [1.807, 2.05) is 39.6 Å². The Morgan fingerprint density at radius 3 is 2.49 bits per heavy atom. The molecular weight excluding hydrogens is 834 g/mol. The minimum atomic E-state index is -0.833. The molecule has 65 heavy (non-hydrogen) atoms. The van der Waals surface area contributed by atoms with Gasteiger partial charge in [-0.05, 0) is 99.3 Å². The number of aromatic amines is 1. The molecule has 0 unspecified atom stereocenters. The van der Waals surface area contributed by atoms with Gasteiger partial charge in [-0.15, -0.1) is 0 Å². The molecule has 3 aromatic carbocycles. The van der Waals surface area contributed by atoms with Crippen molar-refractivity contribution in [2.24, 2.45) is 5.92 Å². The number of methoxy groups -OCH3 is 1. The summed E-state index contributed by atoms with van der Waals surface area (Å²) < 4.78 is 39.7. The zero-order chi connectivity index (χ0) is 44.9. The highest BCUT2D eigenvalue weighted by Gasteiger charge is 2.59. The molecule has 1 aliphatic carbocycles. The Hall–Kier alpha value is -7.05. The normalized spacial score (nSPS) is 19.4. The molecular formula is C47H48FN11O6. The van der Waals surface area contributed by atoms with Gasteiger partial charge < -0.3 is 23.8 Å². The van der Waals surface area contributed by atoms with Gasteiger partial charge in [0, 0.05) is 73.1 Å². The number of amides is 1. The minimum Gasteiger partial charge on any atom is -0.383 e. The molecule has 5 aromatic heterocycles. The molecule has 0 bridgehead atoms. The second-order valence-electron chi connectivity index (χ2n) is 18.1. The molecule has 334 valence electrons. The van der Waals surface area contributed by atoms with Crippen molar-refractivity contribution in [2.45, 2.75) is 64.8 Å². The number of aromatic nitrogens is 9. The van der Waals surface area contributed by atoms with Gasteiger partial charge in [0.15, 0.2) is 5.82 Å². The fraction of sp³-hybridized carbons (Fsp3) is 0.362. The van der Waals surface area contributed by atoms with E-state index < -0.39 is 11.3 Å². The molecule has 1 saturated carbocycles. The number of ether oxygens (including phenoxy) is 2. The van der Waals surface area contributed by atoms with Crippen LogP contribution < -0.4 is 16.3 Å². The lowest BCUT2D eigenvalue weighted by Gasteiger charge is -2.39. The highest BCUT2D eigenvalue weighted by molar-refractivity contribution is 6.00. The third-order valence-corrected chi connectivity index (χ3v) is 13.4. The summed E-state index contributed by atoms with van der Waals surface area (Å²) in [5.74, 6) is -0.420. The highest BCUT2D eigenvalue weighted by atomic mass is 19.1. The van der Waals surface area contributed by atoms with E-state index in [-0.39, 0.29) is 35.5 Å². The number of H-pyrrole nitrogens is 1. The average Bonchev–Trinajstić information content (AvgIpc) is 3.93. The average molecular weight is 882 g/mol. The van der Waals surface area contributed by atoms with Crippen LogP contribution in [-0.2, 0) is 34.5 Å². The van der Waals surface area contributed by atoms with Crippen LogP contribution >= 0.6 is 0 Å². The molecule has 2 atom stereocenters. The van der Waals surface area contributed by atoms with Gasteiger partial charge in [-0.3, -0.25) is 28.1 Å². The fourth-order valence-electron chi connectivity index (χ4n) is 9.99. The summed E-state index contributed by atoms with van der Waals surface area (Å²) in [5, 5.41) is 15.5. The first-order chi connectivity index (χ1) is 31.3. The Kier molecular flexibility index (Phi) is 9.41. The van der Waals surface area contributed by atoms with Gasteiger partial charge in [0.2, 0.25) is 0 Å². The van der Waals surface area contributed by atoms with Crippen LogP contribution in [0, 0.1) is 18.7 Å². The standard InChI is InChI=1S/C47H48FN11O6/c1-28-20-34(6-9-36(28)48)59-41(56-15-14-55(45(56)62)33-8-10-38-31(22-33)25-49-57(38)17-18-63-5)35-26-53(13-12-37(35)51-59)42(60)40-23-30-21-32(54-16-19-64-46(3,4)27-54)7-11-39(30)58(40)47(24-29(47)2)43-50-44(61)65-52-43/h6-11,14-15,20-23,25,29H,12-13,16-19,24,26-27H2,1-5H3,(H,50,52,61)/t29-,47-/m0/s1. The van der Waals surface area contributed by atoms with Crippen LogP contribution in [0.2, 0.25) is 0 Å². The van der Waals surface area contributed by atoms with E-state index in [4.69, 9.17) is 19.1 Å². The number of morpholine rings is 1. The number of rotatable bonds is 10. The maximum Gasteiger partial charge on any atom is 0.438 e. The predicted octanol–water partition coefficient (Wildman–Crippen LogP) is 5.49. The number of fused-ring (bicyclic) bond motifs is 3. The zero-order valence-corrected chi connectivity index (χ0v) is 36.7. The summed E-state index contributed by atoms with van der Waals surface area (Å²) in [5.41, 5.74) is 4.74. The number of carbonyl (C=O) groups excluding carboxylic acids is 1. The third kappa shape index (κ3) is 6.64. The Morgan fingerprint density at radius 2 is 1.74 bits per heavy atom. The molecule has 11 rings (SSSR count). The molecule has 8 aromatic rings. The number of benzene rings is 3. The first kappa shape index (κ1) is 40.7. The zero-order valence-electron chi connectivity index (χ0n) is 36.7. The van der Waals surface area contributed by atoms with Gasteiger partial charge in [0.05, 0.1) is 60.7 Å². The third-order valence-electron chi connectivity index (χ3n) is 13.4. The molecule has 0 spiro atoms. The first-order valence-electron chi connectivity index (χ1n) is 21.9. The maximum atomic E-state index is 15.3. The van der Waals surface area contributed by atoms with E-state index in [1.165, 1.54) is 10.6 Å². The number of hydrogen-bond donors (Lipinski definition) is 1. The van der Waals surface area contributed by atoms with Crippen molar-refractivity contribution in [3.8, 4) is 17.2 Å². The lowest BCUT2D eigenvalue weighted by molar-refractivity contribution is -0.0276. The lowest BCUT2D eigenvalue weighted by Crippen LogP contribution is -2.48. The van der Waals surface area contributed by atoms with Gasteiger partial charge >= 0.3 is 11.4 Å². The molecule has 0 radical (unpaired) electrons. The number of nitrogens with one attached hydrogen (secondary N) is 1. The van der Waals surface area contributed by atoms with Gasteiger partial charge in [-0.1, -0.05) is 12.1 Å². The number of carbonyl (C=O) groups is 1. The van der Waals surface area contributed by atoms with E-state index in [9.17, 15) is 14.0 Å². The van der Waals surface area contributed by atoms with Crippen molar-refractivity contribution in [1.82, 2.24) is 48.3 Å². The molecule has 1 amide bonds. The molecule has 2 aliphatic heterocycles. The summed E-state index contributed by atoms with van der Waals surface area (Å²) in [7, 11) is 1.65. The van der Waals surface area contributed by atoms with Gasteiger partial charge in [0.1, 0.15) is 22.9 Å². The summed E-state index contributed by atoms with van der Waals surface area (Å²) in [6.45, 7) is 11.5. The van der Waals surface area contributed by atoms with Crippen molar-refractivity contribution in [3.05, 3.63) is 134 Å². The maximum absolute atomic E-state index is 15.3. The van der Waals surface area contributed by atoms with E-state index >= 15 is 4.79 Å². The van der Waals surface area contributed by atoms with Gasteiger partial charge in [-0.25, -0.2) is 18.7 Å². The van der Waals surface area contributed by atoms with E-state index in [0.29, 0.717) is 85.5 Å². The van der Waals surface area contributed by atoms with Crippen molar-refractivity contribution in [3.63, 3.8) is 0 Å². The number of halogens is 1. The minimum absolute atomic E-state index is 0.0190. The van der Waals surface area contributed by atoms with Crippen molar-refractivity contribution >= 4 is 33.4 Å². The van der Waals surface area contributed by atoms with Crippen LogP contribution in [0.3, 0.4) is 0 Å². The molecule has 3 aliphatic rings. The van der Waals surface area contributed by atoms with E-state index in [1.54, 1.807) is 58.9 Å². The van der Waals surface area contributed by atoms with Crippen LogP contribution in [0.15, 0.2) is 93.4 Å². The molecule has 17 nitrogen and oxygen atoms in total. The van der Waals surface area contributed by atoms with Crippen molar-refractivity contribution < 1.29 is 23.2 Å². The number of aryl methyl sites for hydroxylation is 1. The van der Waals surface area contributed by atoms with Crippen LogP contribution in [-0.4, -0.2) is 99.8 Å². The topological polar surface area (TPSA) is 168 Å². The summed E-state index contributed by atoms with van der Waals surface area (Å²) >= 11 is 0. The van der Waals surface area contributed by atoms with Gasteiger partial charge in [0.25, 0.3) is 5.91 Å². The van der Waals surface area contributed by atoms with Crippen molar-refractivity contribution in [2.75, 3.05) is 44.9 Å². The van der Waals surface area contributed by atoms with E-state index in [2.05, 4.69) is 53.0 Å². The molecule has 18 heteroatoms. The number of hydrogen-bond acceptors (Lipinski definition) is 10. The predicted molar refractivity (Wildman–Crippen MR) is 239 cm³/mol. The van der Waals surface area contributed by atoms with Crippen molar-refractivity contribution in [1.29, 1.82) is 0 Å². The number of anilines is 1. The fourth-order valence-corrected chi connectivity index (χ4v) is 9.99.